The number of aliphatic imine (C=N–C) groups is 1. The molecular formula is C17H27F3N6S. The zero-order valence-electron chi connectivity index (χ0n) is 15.6. The number of halogens is 3. The summed E-state index contributed by atoms with van der Waals surface area (Å²) >= 11 is 2.01. The second-order valence-electron chi connectivity index (χ2n) is 6.27. The van der Waals surface area contributed by atoms with Crippen LogP contribution in [0.5, 0.6) is 0 Å². The lowest BCUT2D eigenvalue weighted by Crippen LogP contribution is -2.46. The van der Waals surface area contributed by atoms with Crippen LogP contribution in [0.4, 0.5) is 19.1 Å². The van der Waals surface area contributed by atoms with Gasteiger partial charge in [0.25, 0.3) is 0 Å². The average Bonchev–Trinajstić information content (AvgIpc) is 2.64. The van der Waals surface area contributed by atoms with Crippen LogP contribution in [-0.4, -0.2) is 53.1 Å². The van der Waals surface area contributed by atoms with Gasteiger partial charge in [-0.05, 0) is 31.1 Å². The van der Waals surface area contributed by atoms with Crippen LogP contribution in [-0.2, 0) is 6.18 Å². The summed E-state index contributed by atoms with van der Waals surface area (Å²) in [4.78, 5) is 11.5. The number of nitrogens with zero attached hydrogens (tertiary/aromatic N) is 3. The van der Waals surface area contributed by atoms with Crippen molar-refractivity contribution >= 4 is 23.7 Å². The maximum absolute atomic E-state index is 12.7. The molecule has 1 fully saturated rings. The molecule has 1 aliphatic carbocycles. The predicted octanol–water partition coefficient (Wildman–Crippen LogP) is 3.14. The van der Waals surface area contributed by atoms with E-state index in [1.807, 2.05) is 11.8 Å². The molecule has 1 heterocycles. The van der Waals surface area contributed by atoms with Crippen molar-refractivity contribution in [2.45, 2.75) is 50.1 Å². The molecule has 2 atom stereocenters. The molecular weight excluding hydrogens is 377 g/mol. The van der Waals surface area contributed by atoms with Gasteiger partial charge >= 0.3 is 6.18 Å². The van der Waals surface area contributed by atoms with Crippen molar-refractivity contribution in [1.29, 1.82) is 0 Å². The molecule has 2 rings (SSSR count). The summed E-state index contributed by atoms with van der Waals surface area (Å²) in [5.41, 5.74) is -0.956. The molecule has 1 saturated carbocycles. The second kappa shape index (κ2) is 10.6. The van der Waals surface area contributed by atoms with Gasteiger partial charge in [0, 0.05) is 37.6 Å². The van der Waals surface area contributed by atoms with Gasteiger partial charge in [-0.3, -0.25) is 4.99 Å². The van der Waals surface area contributed by atoms with Gasteiger partial charge in [0.05, 0.1) is 0 Å². The molecule has 1 aliphatic rings. The Kier molecular flexibility index (Phi) is 8.46. The van der Waals surface area contributed by atoms with Gasteiger partial charge in [0.15, 0.2) is 5.96 Å². The lowest BCUT2D eigenvalue weighted by molar-refractivity contribution is -0.141. The molecule has 152 valence electrons. The normalized spacial score (nSPS) is 21.0. The highest BCUT2D eigenvalue weighted by Gasteiger charge is 2.32. The van der Waals surface area contributed by atoms with Gasteiger partial charge in [-0.2, -0.15) is 24.9 Å². The molecule has 0 saturated heterocycles. The van der Waals surface area contributed by atoms with E-state index in [-0.39, 0.29) is 5.95 Å². The minimum atomic E-state index is -4.47. The van der Waals surface area contributed by atoms with Gasteiger partial charge in [0.2, 0.25) is 5.95 Å². The highest BCUT2D eigenvalue weighted by molar-refractivity contribution is 7.99. The summed E-state index contributed by atoms with van der Waals surface area (Å²) < 4.78 is 38.0. The molecule has 2 unspecified atom stereocenters. The van der Waals surface area contributed by atoms with Crippen molar-refractivity contribution in [3.8, 4) is 0 Å². The Labute approximate surface area is 162 Å². The molecule has 0 bridgehead atoms. The van der Waals surface area contributed by atoms with Crippen LogP contribution in [0.25, 0.3) is 0 Å². The number of aromatic nitrogens is 2. The highest BCUT2D eigenvalue weighted by Crippen LogP contribution is 2.28. The van der Waals surface area contributed by atoms with Crippen molar-refractivity contribution in [3.05, 3.63) is 18.0 Å². The third-order valence-corrected chi connectivity index (χ3v) is 5.47. The van der Waals surface area contributed by atoms with Gasteiger partial charge in [0.1, 0.15) is 5.69 Å². The number of alkyl halides is 3. The molecule has 0 aliphatic heterocycles. The minimum absolute atomic E-state index is 0.0405. The topological polar surface area (TPSA) is 74.2 Å². The van der Waals surface area contributed by atoms with E-state index in [4.69, 9.17) is 0 Å². The van der Waals surface area contributed by atoms with Crippen molar-refractivity contribution in [2.24, 2.45) is 4.99 Å². The summed E-state index contributed by atoms with van der Waals surface area (Å²) in [5.74, 6) is 1.79. The number of hydrogen-bond donors (Lipinski definition) is 3. The van der Waals surface area contributed by atoms with Crippen LogP contribution in [0.3, 0.4) is 0 Å². The predicted molar refractivity (Wildman–Crippen MR) is 104 cm³/mol. The second-order valence-corrected chi connectivity index (χ2v) is 7.85. The number of guanidine groups is 1. The third-order valence-electron chi connectivity index (χ3n) is 4.24. The van der Waals surface area contributed by atoms with E-state index in [0.29, 0.717) is 30.3 Å². The van der Waals surface area contributed by atoms with Crippen molar-refractivity contribution < 1.29 is 13.2 Å². The largest absolute Gasteiger partial charge is 0.433 e. The van der Waals surface area contributed by atoms with Crippen LogP contribution in [0.15, 0.2) is 17.3 Å². The van der Waals surface area contributed by atoms with Crippen LogP contribution >= 0.6 is 11.8 Å². The first-order valence-corrected chi connectivity index (χ1v) is 10.2. The summed E-state index contributed by atoms with van der Waals surface area (Å²) in [6.45, 7) is 3.05. The van der Waals surface area contributed by atoms with E-state index >= 15 is 0 Å². The Morgan fingerprint density at radius 3 is 2.85 bits per heavy atom. The molecule has 1 aromatic heterocycles. The molecule has 0 amide bonds. The Balaban J connectivity index is 1.74. The van der Waals surface area contributed by atoms with Crippen molar-refractivity contribution in [2.75, 3.05) is 31.2 Å². The Bertz CT molecular complexity index is 609. The quantitative estimate of drug-likeness (QED) is 0.368. The first-order chi connectivity index (χ1) is 12.9. The smallest absolute Gasteiger partial charge is 0.355 e. The van der Waals surface area contributed by atoms with E-state index in [1.165, 1.54) is 12.8 Å². The molecule has 0 spiro atoms. The lowest BCUT2D eigenvalue weighted by atomic mass is 9.95. The minimum Gasteiger partial charge on any atom is -0.355 e. The van der Waals surface area contributed by atoms with Crippen LogP contribution < -0.4 is 16.0 Å². The molecule has 0 aromatic carbocycles. The SMILES string of the molecule is CCSC1CCCC(NC(=NC)NCCNc2nccc(C(F)(F)F)n2)C1. The molecule has 3 N–H and O–H groups in total. The first kappa shape index (κ1) is 21.6. The maximum Gasteiger partial charge on any atom is 0.433 e. The fourth-order valence-corrected chi connectivity index (χ4v) is 4.18. The Hall–Kier alpha value is -1.71. The number of thioether (sulfide) groups is 1. The summed E-state index contributed by atoms with van der Waals surface area (Å²) in [5, 5.41) is 10.1. The van der Waals surface area contributed by atoms with E-state index in [9.17, 15) is 13.2 Å². The lowest BCUT2D eigenvalue weighted by Gasteiger charge is -2.30. The Morgan fingerprint density at radius 1 is 1.33 bits per heavy atom. The van der Waals surface area contributed by atoms with E-state index in [2.05, 4.69) is 37.8 Å². The number of rotatable bonds is 7. The van der Waals surface area contributed by atoms with E-state index in [0.717, 1.165) is 30.9 Å². The first-order valence-electron chi connectivity index (χ1n) is 9.15. The summed E-state index contributed by atoms with van der Waals surface area (Å²) in [6, 6.07) is 1.25. The number of nitrogens with one attached hydrogen (secondary N) is 3. The molecule has 6 nitrogen and oxygen atoms in total. The van der Waals surface area contributed by atoms with Crippen molar-refractivity contribution in [1.82, 2.24) is 20.6 Å². The fourth-order valence-electron chi connectivity index (χ4n) is 3.01. The summed E-state index contributed by atoms with van der Waals surface area (Å²) in [7, 11) is 1.71. The van der Waals surface area contributed by atoms with Gasteiger partial charge in [-0.15, -0.1) is 0 Å². The zero-order chi connectivity index (χ0) is 19.7. The van der Waals surface area contributed by atoms with E-state index in [1.54, 1.807) is 7.05 Å². The fraction of sp³-hybridized carbons (Fsp3) is 0.706. The highest BCUT2D eigenvalue weighted by atomic mass is 32.2. The molecule has 10 heteroatoms. The van der Waals surface area contributed by atoms with Crippen molar-refractivity contribution in [3.63, 3.8) is 0 Å². The van der Waals surface area contributed by atoms with Gasteiger partial charge in [-0.1, -0.05) is 13.3 Å². The third kappa shape index (κ3) is 7.43. The van der Waals surface area contributed by atoms with Crippen LogP contribution in [0.1, 0.15) is 38.3 Å². The zero-order valence-corrected chi connectivity index (χ0v) is 16.5. The van der Waals surface area contributed by atoms with Crippen LogP contribution in [0.2, 0.25) is 0 Å². The van der Waals surface area contributed by atoms with Crippen LogP contribution in [0, 0.1) is 0 Å². The number of anilines is 1. The number of hydrogen-bond acceptors (Lipinski definition) is 5. The monoisotopic (exact) mass is 404 g/mol. The van der Waals surface area contributed by atoms with Gasteiger partial charge in [-0.25, -0.2) is 9.97 Å². The molecule has 1 aromatic rings. The summed E-state index contributed by atoms with van der Waals surface area (Å²) in [6.07, 6.45) is 1.34. The van der Waals surface area contributed by atoms with E-state index < -0.39 is 11.9 Å². The molecule has 0 radical (unpaired) electrons. The molecule has 27 heavy (non-hydrogen) atoms. The van der Waals surface area contributed by atoms with Gasteiger partial charge < -0.3 is 16.0 Å². The maximum atomic E-state index is 12.7. The Morgan fingerprint density at radius 2 is 2.15 bits per heavy atom. The average molecular weight is 405 g/mol. The standard InChI is InChI=1S/C17H27F3N6S/c1-3-27-13-6-4-5-12(11-13)25-15(21-2)23-9-10-24-16-22-8-7-14(26-16)17(18,19)20/h7-8,12-13H,3-6,9-11H2,1-2H3,(H2,21,23,25)(H,22,24,26).